The third kappa shape index (κ3) is 5.79. The van der Waals surface area contributed by atoms with Crippen LogP contribution in [-0.4, -0.2) is 26.7 Å². The van der Waals surface area contributed by atoms with Gasteiger partial charge >= 0.3 is 5.97 Å². The number of hydrogen-bond acceptors (Lipinski definition) is 4. The SMILES string of the molecule is CCOC(=O)CCCCCS(=O)(=O)c1ccc(F)cc1F. The molecule has 0 aliphatic heterocycles. The van der Waals surface area contributed by atoms with Crippen molar-refractivity contribution in [3.8, 4) is 0 Å². The number of unbranched alkanes of at least 4 members (excludes halogenated alkanes) is 2. The Balaban J connectivity index is 2.45. The molecule has 1 aromatic rings. The Kier molecular flexibility index (Phi) is 6.74. The van der Waals surface area contributed by atoms with Crippen LogP contribution in [0.4, 0.5) is 8.78 Å². The van der Waals surface area contributed by atoms with E-state index >= 15 is 0 Å². The van der Waals surface area contributed by atoms with Crippen LogP contribution in [0.25, 0.3) is 0 Å². The molecule has 0 atom stereocenters. The van der Waals surface area contributed by atoms with Gasteiger partial charge in [0, 0.05) is 12.5 Å². The lowest BCUT2D eigenvalue weighted by Crippen LogP contribution is -2.09. The normalized spacial score (nSPS) is 11.4. The first kappa shape index (κ1) is 17.6. The highest BCUT2D eigenvalue weighted by molar-refractivity contribution is 7.91. The zero-order chi connectivity index (χ0) is 15.9. The molecule has 0 fully saturated rings. The van der Waals surface area contributed by atoms with Crippen LogP contribution in [0.5, 0.6) is 0 Å². The van der Waals surface area contributed by atoms with Crippen LogP contribution in [0.3, 0.4) is 0 Å². The molecule has 7 heteroatoms. The van der Waals surface area contributed by atoms with E-state index in [9.17, 15) is 22.0 Å². The quantitative estimate of drug-likeness (QED) is 0.420. The lowest BCUT2D eigenvalue weighted by Gasteiger charge is -2.06. The molecule has 1 aromatic carbocycles. The van der Waals surface area contributed by atoms with E-state index in [-0.39, 0.29) is 18.1 Å². The summed E-state index contributed by atoms with van der Waals surface area (Å²) in [5, 5.41) is 0. The number of halogens is 2. The minimum Gasteiger partial charge on any atom is -0.466 e. The minimum atomic E-state index is -3.78. The van der Waals surface area contributed by atoms with Crippen LogP contribution in [0.1, 0.15) is 32.6 Å². The van der Waals surface area contributed by atoms with Crippen molar-refractivity contribution in [2.75, 3.05) is 12.4 Å². The van der Waals surface area contributed by atoms with Crippen LogP contribution in [-0.2, 0) is 19.4 Å². The molecule has 0 bridgehead atoms. The van der Waals surface area contributed by atoms with Crippen molar-refractivity contribution >= 4 is 15.8 Å². The molecule has 0 heterocycles. The summed E-state index contributed by atoms with van der Waals surface area (Å²) in [5.41, 5.74) is 0. The van der Waals surface area contributed by atoms with Crippen LogP contribution in [0, 0.1) is 11.6 Å². The first-order valence-corrected chi connectivity index (χ1v) is 8.35. The number of carbonyl (C=O) groups is 1. The maximum absolute atomic E-state index is 13.4. The number of carbonyl (C=O) groups excluding carboxylic acids is 1. The van der Waals surface area contributed by atoms with Gasteiger partial charge < -0.3 is 4.74 Å². The van der Waals surface area contributed by atoms with Crippen molar-refractivity contribution in [2.45, 2.75) is 37.5 Å². The number of sulfone groups is 1. The Morgan fingerprint density at radius 1 is 1.19 bits per heavy atom. The van der Waals surface area contributed by atoms with Crippen LogP contribution in [0.2, 0.25) is 0 Å². The van der Waals surface area contributed by atoms with Crippen molar-refractivity contribution in [3.05, 3.63) is 29.8 Å². The van der Waals surface area contributed by atoms with Crippen molar-refractivity contribution in [3.63, 3.8) is 0 Å². The van der Waals surface area contributed by atoms with Crippen LogP contribution in [0.15, 0.2) is 23.1 Å². The Labute approximate surface area is 123 Å². The zero-order valence-electron chi connectivity index (χ0n) is 11.8. The van der Waals surface area contributed by atoms with Crippen LogP contribution < -0.4 is 0 Å². The molecule has 118 valence electrons. The van der Waals surface area contributed by atoms with Gasteiger partial charge in [-0.25, -0.2) is 17.2 Å². The third-order valence-corrected chi connectivity index (χ3v) is 4.66. The second kappa shape index (κ2) is 8.07. The molecule has 0 amide bonds. The summed E-state index contributed by atoms with van der Waals surface area (Å²) in [6.07, 6.45) is 1.57. The Morgan fingerprint density at radius 3 is 2.52 bits per heavy atom. The number of ether oxygens (including phenoxy) is 1. The van der Waals surface area contributed by atoms with Gasteiger partial charge in [-0.3, -0.25) is 4.79 Å². The second-order valence-electron chi connectivity index (χ2n) is 4.51. The third-order valence-electron chi connectivity index (χ3n) is 2.83. The largest absolute Gasteiger partial charge is 0.466 e. The van der Waals surface area contributed by atoms with Gasteiger partial charge in [0.1, 0.15) is 16.5 Å². The molecule has 0 radical (unpaired) electrons. The van der Waals surface area contributed by atoms with Gasteiger partial charge in [-0.1, -0.05) is 6.42 Å². The second-order valence-corrected chi connectivity index (χ2v) is 6.59. The average molecular weight is 320 g/mol. The summed E-state index contributed by atoms with van der Waals surface area (Å²) in [6, 6.07) is 2.39. The van der Waals surface area contributed by atoms with E-state index in [1.807, 2.05) is 0 Å². The molecule has 0 aliphatic carbocycles. The van der Waals surface area contributed by atoms with Gasteiger partial charge in [-0.05, 0) is 31.9 Å². The first-order valence-electron chi connectivity index (χ1n) is 6.70. The zero-order valence-corrected chi connectivity index (χ0v) is 12.6. The van der Waals surface area contributed by atoms with Gasteiger partial charge in [0.05, 0.1) is 12.4 Å². The molecule has 4 nitrogen and oxygen atoms in total. The predicted octanol–water partition coefficient (Wildman–Crippen LogP) is 2.86. The van der Waals surface area contributed by atoms with Gasteiger partial charge in [0.2, 0.25) is 0 Å². The Morgan fingerprint density at radius 2 is 1.90 bits per heavy atom. The van der Waals surface area contributed by atoms with Gasteiger partial charge in [-0.15, -0.1) is 0 Å². The lowest BCUT2D eigenvalue weighted by molar-refractivity contribution is -0.143. The van der Waals surface area contributed by atoms with Crippen molar-refractivity contribution in [1.82, 2.24) is 0 Å². The van der Waals surface area contributed by atoms with Crippen molar-refractivity contribution in [1.29, 1.82) is 0 Å². The van der Waals surface area contributed by atoms with E-state index in [0.717, 1.165) is 12.1 Å². The highest BCUT2D eigenvalue weighted by Crippen LogP contribution is 2.18. The summed E-state index contributed by atoms with van der Waals surface area (Å²) in [5.74, 6) is -2.45. The Hall–Kier alpha value is -1.50. The van der Waals surface area contributed by atoms with Gasteiger partial charge in [0.15, 0.2) is 9.84 Å². The van der Waals surface area contributed by atoms with E-state index in [0.29, 0.717) is 31.9 Å². The molecule has 21 heavy (non-hydrogen) atoms. The van der Waals surface area contributed by atoms with E-state index < -0.39 is 26.4 Å². The fourth-order valence-corrected chi connectivity index (χ4v) is 3.24. The molecular weight excluding hydrogens is 302 g/mol. The van der Waals surface area contributed by atoms with Gasteiger partial charge in [0.25, 0.3) is 0 Å². The first-order chi connectivity index (χ1) is 9.86. The summed E-state index contributed by atoms with van der Waals surface area (Å²) >= 11 is 0. The van der Waals surface area contributed by atoms with Crippen molar-refractivity contribution in [2.24, 2.45) is 0 Å². The fraction of sp³-hybridized carbons (Fsp3) is 0.500. The molecule has 0 N–H and O–H groups in total. The van der Waals surface area contributed by atoms with E-state index in [1.165, 1.54) is 0 Å². The smallest absolute Gasteiger partial charge is 0.305 e. The summed E-state index contributed by atoms with van der Waals surface area (Å²) in [4.78, 5) is 10.6. The standard InChI is InChI=1S/C14H18F2O4S/c1-2-20-14(17)6-4-3-5-9-21(18,19)13-8-7-11(15)10-12(13)16/h7-8,10H,2-6,9H2,1H3. The molecule has 1 rings (SSSR count). The van der Waals surface area contributed by atoms with E-state index in [2.05, 4.69) is 0 Å². The number of rotatable bonds is 8. The maximum Gasteiger partial charge on any atom is 0.305 e. The topological polar surface area (TPSA) is 60.4 Å². The number of hydrogen-bond donors (Lipinski definition) is 0. The number of benzene rings is 1. The summed E-state index contributed by atoms with van der Waals surface area (Å²) < 4.78 is 54.7. The average Bonchev–Trinajstić information content (AvgIpc) is 2.38. The molecular formula is C14H18F2O4S. The van der Waals surface area contributed by atoms with Crippen molar-refractivity contribution < 1.29 is 26.7 Å². The maximum atomic E-state index is 13.4. The molecule has 0 saturated heterocycles. The highest BCUT2D eigenvalue weighted by atomic mass is 32.2. The molecule has 0 unspecified atom stereocenters. The van der Waals surface area contributed by atoms with E-state index in [1.54, 1.807) is 6.92 Å². The lowest BCUT2D eigenvalue weighted by atomic mass is 10.2. The fourth-order valence-electron chi connectivity index (χ4n) is 1.81. The van der Waals surface area contributed by atoms with Gasteiger partial charge in [-0.2, -0.15) is 0 Å². The molecule has 0 aliphatic rings. The number of esters is 1. The molecule has 0 saturated carbocycles. The highest BCUT2D eigenvalue weighted by Gasteiger charge is 2.19. The monoisotopic (exact) mass is 320 g/mol. The molecule has 0 spiro atoms. The van der Waals surface area contributed by atoms with Crippen LogP contribution >= 0.6 is 0 Å². The molecule has 0 aromatic heterocycles. The summed E-state index contributed by atoms with van der Waals surface area (Å²) in [7, 11) is -3.78. The minimum absolute atomic E-state index is 0.235. The predicted molar refractivity (Wildman–Crippen MR) is 73.5 cm³/mol. The summed E-state index contributed by atoms with van der Waals surface area (Å²) in [6.45, 7) is 2.03. The van der Waals surface area contributed by atoms with E-state index in [4.69, 9.17) is 4.74 Å². The Bertz CT molecular complexity index is 585.